The van der Waals surface area contributed by atoms with E-state index in [1.54, 1.807) is 6.08 Å². The minimum atomic E-state index is 0.737. The molecule has 65 heavy (non-hydrogen) atoms. The second-order valence-electron chi connectivity index (χ2n) is 16.4. The van der Waals surface area contributed by atoms with E-state index in [1.807, 2.05) is 91.9 Å². The first-order chi connectivity index (χ1) is 31.7. The Morgan fingerprint density at radius 1 is 0.554 bits per heavy atom. The van der Waals surface area contributed by atoms with E-state index >= 15 is 0 Å². The smallest absolute Gasteiger partial charge is 0.111 e. The second-order valence-corrected chi connectivity index (χ2v) is 16.4. The summed E-state index contributed by atoms with van der Waals surface area (Å²) < 4.78 is 4.83. The van der Waals surface area contributed by atoms with Crippen LogP contribution in [0.3, 0.4) is 0 Å². The lowest BCUT2D eigenvalue weighted by Gasteiger charge is -2.14. The van der Waals surface area contributed by atoms with Crippen molar-refractivity contribution in [2.45, 2.75) is 34.1 Å². The molecule has 0 atom stereocenters. The van der Waals surface area contributed by atoms with Crippen LogP contribution in [0.15, 0.2) is 237 Å². The highest BCUT2D eigenvalue weighted by atomic mass is 15.1. The van der Waals surface area contributed by atoms with E-state index in [2.05, 4.69) is 171 Å². The Hall–Kier alpha value is -8.01. The number of allylic oxidation sites excluding steroid dienone is 6. The summed E-state index contributed by atoms with van der Waals surface area (Å²) in [6.45, 7) is 20.5. The second kappa shape index (κ2) is 20.0. The molecule has 0 bridgehead atoms. The maximum atomic E-state index is 5.18. The van der Waals surface area contributed by atoms with Crippen LogP contribution < -0.4 is 0 Å². The van der Waals surface area contributed by atoms with Gasteiger partial charge in [0.25, 0.3) is 0 Å². The summed E-state index contributed by atoms with van der Waals surface area (Å²) in [6.07, 6.45) is 10.9. The van der Waals surface area contributed by atoms with Gasteiger partial charge >= 0.3 is 0 Å². The lowest BCUT2D eigenvalue weighted by molar-refractivity contribution is 1.17. The van der Waals surface area contributed by atoms with E-state index in [9.17, 15) is 0 Å². The summed E-state index contributed by atoms with van der Waals surface area (Å²) in [4.78, 5) is 5.18. The average Bonchev–Trinajstić information content (AvgIpc) is 3.85. The monoisotopic (exact) mass is 841 g/mol. The minimum absolute atomic E-state index is 0.737. The molecule has 0 saturated carbocycles. The molecule has 10 aromatic rings. The van der Waals surface area contributed by atoms with Crippen LogP contribution in [0.4, 0.5) is 0 Å². The van der Waals surface area contributed by atoms with Crippen LogP contribution in [0.25, 0.3) is 71.3 Å². The average molecular weight is 842 g/mol. The Balaban J connectivity index is 0.000000325. The van der Waals surface area contributed by atoms with Crippen molar-refractivity contribution >= 4 is 71.5 Å². The van der Waals surface area contributed by atoms with Gasteiger partial charge in [-0.25, -0.2) is 4.99 Å². The first kappa shape index (κ1) is 43.6. The zero-order valence-electron chi connectivity index (χ0n) is 37.9. The maximum Gasteiger partial charge on any atom is 0.111 e. The van der Waals surface area contributed by atoms with Gasteiger partial charge in [0.15, 0.2) is 0 Å². The van der Waals surface area contributed by atoms with Crippen LogP contribution in [-0.4, -0.2) is 15.0 Å². The van der Waals surface area contributed by atoms with Gasteiger partial charge in [-0.05, 0) is 110 Å². The van der Waals surface area contributed by atoms with Crippen molar-refractivity contribution in [1.29, 1.82) is 0 Å². The number of hydrogen-bond acceptors (Lipinski definition) is 1. The molecule has 0 radical (unpaired) electrons. The van der Waals surface area contributed by atoms with Gasteiger partial charge in [0.05, 0.1) is 27.8 Å². The number of rotatable bonds is 8. The minimum Gasteiger partial charge on any atom is -0.307 e. The van der Waals surface area contributed by atoms with Crippen molar-refractivity contribution in [2.24, 2.45) is 4.99 Å². The van der Waals surface area contributed by atoms with Crippen LogP contribution in [0.1, 0.15) is 41.7 Å². The van der Waals surface area contributed by atoms with E-state index in [4.69, 9.17) is 4.99 Å². The summed E-state index contributed by atoms with van der Waals surface area (Å²) in [5.74, 6) is 0.873. The third-order valence-electron chi connectivity index (χ3n) is 11.7. The van der Waals surface area contributed by atoms with Gasteiger partial charge in [-0.15, -0.1) is 0 Å². The van der Waals surface area contributed by atoms with Crippen LogP contribution in [0.2, 0.25) is 0 Å². The number of benzene rings is 8. The molecule has 0 spiro atoms. The van der Waals surface area contributed by atoms with Gasteiger partial charge in [0.1, 0.15) is 5.84 Å². The first-order valence-electron chi connectivity index (χ1n) is 22.2. The lowest BCUT2D eigenvalue weighted by atomic mass is 10.0. The number of aryl methyl sites for hydroxylation is 2. The normalized spacial score (nSPS) is 11.6. The summed E-state index contributed by atoms with van der Waals surface area (Å²) in [7, 11) is 0. The number of aromatic nitrogens is 2. The molecule has 3 nitrogen and oxygen atoms in total. The molecule has 0 aliphatic heterocycles. The highest BCUT2D eigenvalue weighted by Crippen LogP contribution is 2.43. The Labute approximate surface area is 383 Å². The number of nitrogens with zero attached hydrogens (tertiary/aromatic N) is 3. The molecule has 2 aromatic heterocycles. The van der Waals surface area contributed by atoms with Crippen molar-refractivity contribution in [3.05, 3.63) is 260 Å². The molecule has 318 valence electrons. The molecule has 2 heterocycles. The molecule has 0 fully saturated rings. The van der Waals surface area contributed by atoms with E-state index in [0.717, 1.165) is 45.8 Å². The summed E-state index contributed by atoms with van der Waals surface area (Å²) in [6, 6.07) is 63.9. The fourth-order valence-corrected chi connectivity index (χ4v) is 8.58. The van der Waals surface area contributed by atoms with Gasteiger partial charge in [-0.3, -0.25) is 4.57 Å². The zero-order valence-corrected chi connectivity index (χ0v) is 37.9. The SMILES string of the molecule is C=C(C)c1ccccc1.C=C/C=C\C=C/Cc1ccc2c(c1)c1cc(C)c3c4cc(C)ccc4n(-c4ccc5ccccc5c4)c3c1n2C(C)=NC(=C)c1ccccc1.c1ccccc1. The fraction of sp³-hybridized carbons (Fsp3) is 0.0806. The lowest BCUT2D eigenvalue weighted by Crippen LogP contribution is -2.08. The Morgan fingerprint density at radius 3 is 1.85 bits per heavy atom. The quantitative estimate of drug-likeness (QED) is 0.0826. The predicted octanol–water partition coefficient (Wildman–Crippen LogP) is 16.8. The van der Waals surface area contributed by atoms with Crippen molar-refractivity contribution in [3.8, 4) is 5.69 Å². The van der Waals surface area contributed by atoms with Crippen molar-refractivity contribution in [1.82, 2.24) is 9.13 Å². The Morgan fingerprint density at radius 2 is 1.18 bits per heavy atom. The molecular weight excluding hydrogens is 787 g/mol. The molecule has 0 amide bonds. The van der Waals surface area contributed by atoms with Gasteiger partial charge in [-0.1, -0.05) is 201 Å². The molecule has 0 unspecified atom stereocenters. The van der Waals surface area contributed by atoms with E-state index < -0.39 is 0 Å². The zero-order chi connectivity index (χ0) is 45.3. The number of fused-ring (bicyclic) bond motifs is 8. The standard InChI is InChI=1S/C47H39N3.C9H10.C6H6/c1-6-7-8-9-11-16-35-22-26-43-40(29-35)41-28-32(3)45-42-27-31(2)21-25-44(42)50(39-24-23-37-19-14-15-20-38(37)30-39)47(45)46(41)49(43)34(5)48-33(4)36-17-12-10-13-18-36;1-8(2)9-6-4-3-5-7-9;1-2-4-6-5-3-1/h6-15,17-30H,1,4,16H2,2-3,5H3;3-7H,1H2,2H3;1-6H/b8-7-,11-9-,48-34?;;. The molecule has 0 aliphatic carbocycles. The van der Waals surface area contributed by atoms with Crippen LogP contribution >= 0.6 is 0 Å². The molecule has 3 heteroatoms. The summed E-state index contributed by atoms with van der Waals surface area (Å²) in [5.41, 5.74) is 13.6. The van der Waals surface area contributed by atoms with E-state index in [0.29, 0.717) is 0 Å². The maximum absolute atomic E-state index is 5.18. The molecule has 10 rings (SSSR count). The highest BCUT2D eigenvalue weighted by molar-refractivity contribution is 6.27. The molecular formula is C62H55N3. The Kier molecular flexibility index (Phi) is 13.4. The van der Waals surface area contributed by atoms with E-state index in [1.165, 1.54) is 65.6 Å². The fourth-order valence-electron chi connectivity index (χ4n) is 8.58. The van der Waals surface area contributed by atoms with Crippen molar-refractivity contribution < 1.29 is 0 Å². The van der Waals surface area contributed by atoms with Crippen LogP contribution in [-0.2, 0) is 6.42 Å². The molecule has 0 N–H and O–H groups in total. The summed E-state index contributed by atoms with van der Waals surface area (Å²) >= 11 is 0. The van der Waals surface area contributed by atoms with Gasteiger partial charge in [0.2, 0.25) is 0 Å². The van der Waals surface area contributed by atoms with Crippen molar-refractivity contribution in [2.75, 3.05) is 0 Å². The van der Waals surface area contributed by atoms with Gasteiger partial charge < -0.3 is 4.57 Å². The highest BCUT2D eigenvalue weighted by Gasteiger charge is 2.23. The predicted molar refractivity (Wildman–Crippen MR) is 285 cm³/mol. The number of hydrogen-bond donors (Lipinski definition) is 0. The third-order valence-corrected chi connectivity index (χ3v) is 11.7. The van der Waals surface area contributed by atoms with Crippen LogP contribution in [0, 0.1) is 13.8 Å². The molecule has 0 aliphatic rings. The Bertz CT molecular complexity index is 3380. The topological polar surface area (TPSA) is 22.2 Å². The third kappa shape index (κ3) is 9.51. The van der Waals surface area contributed by atoms with Gasteiger partial charge in [0, 0.05) is 27.2 Å². The summed E-state index contributed by atoms with van der Waals surface area (Å²) in [5, 5.41) is 7.39. The largest absolute Gasteiger partial charge is 0.307 e. The molecule has 8 aromatic carbocycles. The van der Waals surface area contributed by atoms with Crippen LogP contribution in [0.5, 0.6) is 0 Å². The van der Waals surface area contributed by atoms with E-state index in [-0.39, 0.29) is 0 Å². The van der Waals surface area contributed by atoms with Crippen molar-refractivity contribution in [3.63, 3.8) is 0 Å². The first-order valence-corrected chi connectivity index (χ1v) is 22.2. The molecule has 0 saturated heterocycles. The van der Waals surface area contributed by atoms with Gasteiger partial charge in [-0.2, -0.15) is 0 Å². The number of aliphatic imine (C=N–C) groups is 1.